The standard InChI is InChI=1S/C9H12F2N2O2S/c1-5(12)6-3-4-7(9(11)8(6)10)13-16(2,14)15/h3-5,13H,12H2,1-2H3. The number of nitrogens with one attached hydrogen (secondary N) is 1. The van der Waals surface area contributed by atoms with Crippen molar-refractivity contribution in [1.82, 2.24) is 0 Å². The number of nitrogens with two attached hydrogens (primary N) is 1. The van der Waals surface area contributed by atoms with Gasteiger partial charge in [-0.15, -0.1) is 0 Å². The van der Waals surface area contributed by atoms with Gasteiger partial charge in [-0.2, -0.15) is 0 Å². The summed E-state index contributed by atoms with van der Waals surface area (Å²) in [4.78, 5) is 0. The van der Waals surface area contributed by atoms with Crippen LogP contribution in [0.5, 0.6) is 0 Å². The summed E-state index contributed by atoms with van der Waals surface area (Å²) in [5.74, 6) is -2.39. The SMILES string of the molecule is CC(N)c1ccc(NS(C)(=O)=O)c(F)c1F. The number of anilines is 1. The predicted molar refractivity (Wildman–Crippen MR) is 57.4 cm³/mol. The van der Waals surface area contributed by atoms with Crippen LogP contribution in [0.25, 0.3) is 0 Å². The van der Waals surface area contributed by atoms with E-state index in [9.17, 15) is 17.2 Å². The molecule has 0 aliphatic heterocycles. The Kier molecular flexibility index (Phi) is 3.49. The van der Waals surface area contributed by atoms with E-state index >= 15 is 0 Å². The lowest BCUT2D eigenvalue weighted by Crippen LogP contribution is -2.14. The Bertz CT molecular complexity index is 500. The van der Waals surface area contributed by atoms with Crippen molar-refractivity contribution in [3.63, 3.8) is 0 Å². The van der Waals surface area contributed by atoms with Crippen LogP contribution in [0.15, 0.2) is 12.1 Å². The van der Waals surface area contributed by atoms with Gasteiger partial charge in [0.25, 0.3) is 0 Å². The number of halogens is 2. The minimum Gasteiger partial charge on any atom is -0.324 e. The van der Waals surface area contributed by atoms with Crippen LogP contribution in [0, 0.1) is 11.6 Å². The second-order valence-corrected chi connectivity index (χ2v) is 5.24. The molecule has 0 fully saturated rings. The van der Waals surface area contributed by atoms with Gasteiger partial charge < -0.3 is 5.73 Å². The summed E-state index contributed by atoms with van der Waals surface area (Å²) in [6.07, 6.45) is 0.851. The summed E-state index contributed by atoms with van der Waals surface area (Å²) in [6.45, 7) is 1.50. The van der Waals surface area contributed by atoms with Gasteiger partial charge in [0.1, 0.15) is 0 Å². The maximum atomic E-state index is 13.4. The van der Waals surface area contributed by atoms with Gasteiger partial charge in [0.05, 0.1) is 11.9 Å². The molecule has 1 rings (SSSR count). The predicted octanol–water partition coefficient (Wildman–Crippen LogP) is 1.36. The fourth-order valence-electron chi connectivity index (χ4n) is 1.19. The maximum Gasteiger partial charge on any atom is 0.229 e. The molecule has 3 N–H and O–H groups in total. The van der Waals surface area contributed by atoms with Crippen LogP contribution in [0.4, 0.5) is 14.5 Å². The molecule has 7 heteroatoms. The van der Waals surface area contributed by atoms with E-state index in [2.05, 4.69) is 0 Å². The number of sulfonamides is 1. The highest BCUT2D eigenvalue weighted by Crippen LogP contribution is 2.24. The van der Waals surface area contributed by atoms with Crippen molar-refractivity contribution in [3.8, 4) is 0 Å². The van der Waals surface area contributed by atoms with Crippen molar-refractivity contribution in [2.24, 2.45) is 5.73 Å². The van der Waals surface area contributed by atoms with Gasteiger partial charge in [-0.1, -0.05) is 6.07 Å². The monoisotopic (exact) mass is 250 g/mol. The number of hydrogen-bond donors (Lipinski definition) is 2. The Hall–Kier alpha value is -1.21. The minimum absolute atomic E-state index is 0.00319. The molecule has 0 spiro atoms. The first kappa shape index (κ1) is 12.9. The van der Waals surface area contributed by atoms with E-state index < -0.39 is 33.4 Å². The second kappa shape index (κ2) is 4.34. The molecule has 1 aromatic rings. The summed E-state index contributed by atoms with van der Waals surface area (Å²) in [5, 5.41) is 0. The van der Waals surface area contributed by atoms with Crippen molar-refractivity contribution < 1.29 is 17.2 Å². The van der Waals surface area contributed by atoms with Gasteiger partial charge in [0.2, 0.25) is 10.0 Å². The highest BCUT2D eigenvalue weighted by atomic mass is 32.2. The van der Waals surface area contributed by atoms with Gasteiger partial charge in [-0.25, -0.2) is 17.2 Å². The lowest BCUT2D eigenvalue weighted by Gasteiger charge is -2.11. The molecule has 0 heterocycles. The normalized spacial score (nSPS) is 13.6. The van der Waals surface area contributed by atoms with Gasteiger partial charge >= 0.3 is 0 Å². The third-order valence-corrected chi connectivity index (χ3v) is 2.49. The van der Waals surface area contributed by atoms with Gasteiger partial charge in [0.15, 0.2) is 11.6 Å². The molecule has 1 unspecified atom stereocenters. The van der Waals surface area contributed by atoms with Crippen molar-refractivity contribution in [3.05, 3.63) is 29.3 Å². The summed E-state index contributed by atoms with van der Waals surface area (Å²) in [5.41, 5.74) is 4.99. The highest BCUT2D eigenvalue weighted by Gasteiger charge is 2.17. The molecule has 4 nitrogen and oxygen atoms in total. The molecule has 0 radical (unpaired) electrons. The molecule has 0 aliphatic rings. The Labute approximate surface area is 92.5 Å². The van der Waals surface area contributed by atoms with E-state index in [0.717, 1.165) is 12.3 Å². The fourth-order valence-corrected chi connectivity index (χ4v) is 1.75. The van der Waals surface area contributed by atoms with Crippen molar-refractivity contribution in [1.29, 1.82) is 0 Å². The zero-order valence-corrected chi connectivity index (χ0v) is 9.61. The molecular formula is C9H12F2N2O2S. The molecule has 0 aliphatic carbocycles. The molecule has 90 valence electrons. The average molecular weight is 250 g/mol. The Morgan fingerprint density at radius 2 is 1.88 bits per heavy atom. The average Bonchev–Trinajstić information content (AvgIpc) is 2.10. The maximum absolute atomic E-state index is 13.4. The number of hydrogen-bond acceptors (Lipinski definition) is 3. The van der Waals surface area contributed by atoms with E-state index in [4.69, 9.17) is 5.73 Å². The van der Waals surface area contributed by atoms with Crippen molar-refractivity contribution >= 4 is 15.7 Å². The van der Waals surface area contributed by atoms with Crippen LogP contribution in [0.1, 0.15) is 18.5 Å². The lowest BCUT2D eigenvalue weighted by molar-refractivity contribution is 0.495. The minimum atomic E-state index is -3.64. The zero-order chi connectivity index (χ0) is 12.5. The number of rotatable bonds is 3. The third kappa shape index (κ3) is 2.89. The topological polar surface area (TPSA) is 72.2 Å². The summed E-state index contributed by atoms with van der Waals surface area (Å²) in [6, 6.07) is 1.72. The quantitative estimate of drug-likeness (QED) is 0.850. The molecule has 0 bridgehead atoms. The molecule has 1 aromatic carbocycles. The Balaban J connectivity index is 3.22. The molecule has 0 amide bonds. The van der Waals surface area contributed by atoms with Crippen LogP contribution in [-0.4, -0.2) is 14.7 Å². The van der Waals surface area contributed by atoms with Crippen LogP contribution in [0.3, 0.4) is 0 Å². The first-order valence-corrected chi connectivity index (χ1v) is 6.33. The third-order valence-electron chi connectivity index (χ3n) is 1.90. The van der Waals surface area contributed by atoms with Crippen LogP contribution >= 0.6 is 0 Å². The molecular weight excluding hydrogens is 238 g/mol. The van der Waals surface area contributed by atoms with E-state index in [1.54, 1.807) is 0 Å². The first-order chi connectivity index (χ1) is 7.22. The Morgan fingerprint density at radius 3 is 2.31 bits per heavy atom. The molecule has 1 atom stereocenters. The smallest absolute Gasteiger partial charge is 0.229 e. The molecule has 0 aromatic heterocycles. The molecule has 0 saturated heterocycles. The first-order valence-electron chi connectivity index (χ1n) is 4.43. The number of benzene rings is 1. The van der Waals surface area contributed by atoms with Crippen LogP contribution in [-0.2, 0) is 10.0 Å². The fraction of sp³-hybridized carbons (Fsp3) is 0.333. The molecule has 0 saturated carbocycles. The van der Waals surface area contributed by atoms with E-state index in [1.165, 1.54) is 13.0 Å². The lowest BCUT2D eigenvalue weighted by atomic mass is 10.1. The van der Waals surface area contributed by atoms with Crippen molar-refractivity contribution in [2.75, 3.05) is 11.0 Å². The van der Waals surface area contributed by atoms with Gasteiger partial charge in [-0.05, 0) is 13.0 Å². The summed E-state index contributed by atoms with van der Waals surface area (Å²) < 4.78 is 50.4. The van der Waals surface area contributed by atoms with E-state index in [1.807, 2.05) is 4.72 Å². The van der Waals surface area contributed by atoms with E-state index in [0.29, 0.717) is 0 Å². The van der Waals surface area contributed by atoms with Gasteiger partial charge in [-0.3, -0.25) is 4.72 Å². The van der Waals surface area contributed by atoms with E-state index in [-0.39, 0.29) is 5.56 Å². The van der Waals surface area contributed by atoms with Crippen LogP contribution in [0.2, 0.25) is 0 Å². The Morgan fingerprint density at radius 1 is 1.31 bits per heavy atom. The zero-order valence-electron chi connectivity index (χ0n) is 8.79. The second-order valence-electron chi connectivity index (χ2n) is 3.49. The van der Waals surface area contributed by atoms with Crippen molar-refractivity contribution in [2.45, 2.75) is 13.0 Å². The summed E-state index contributed by atoms with van der Waals surface area (Å²) in [7, 11) is -3.64. The molecule has 16 heavy (non-hydrogen) atoms. The summed E-state index contributed by atoms with van der Waals surface area (Å²) >= 11 is 0. The highest BCUT2D eigenvalue weighted by molar-refractivity contribution is 7.92. The largest absolute Gasteiger partial charge is 0.324 e. The van der Waals surface area contributed by atoms with Crippen LogP contribution < -0.4 is 10.5 Å². The van der Waals surface area contributed by atoms with Gasteiger partial charge in [0, 0.05) is 11.6 Å².